The number of rotatable bonds is 6. The van der Waals surface area contributed by atoms with Gasteiger partial charge in [0.05, 0.1) is 23.9 Å². The average molecular weight is 463 g/mol. The summed E-state index contributed by atoms with van der Waals surface area (Å²) in [4.78, 5) is 26.5. The predicted octanol–water partition coefficient (Wildman–Crippen LogP) is 4.50. The van der Waals surface area contributed by atoms with E-state index in [0.717, 1.165) is 11.3 Å². The molecule has 162 valence electrons. The van der Waals surface area contributed by atoms with E-state index >= 15 is 0 Å². The van der Waals surface area contributed by atoms with Crippen LogP contribution in [-0.2, 0) is 9.59 Å². The molecule has 0 aromatic heterocycles. The smallest absolute Gasteiger partial charge is 0.270 e. The van der Waals surface area contributed by atoms with Gasteiger partial charge in [-0.1, -0.05) is 30.7 Å². The Morgan fingerprint density at radius 2 is 2.00 bits per heavy atom. The monoisotopic (exact) mass is 462 g/mol. The number of methoxy groups -OCH3 is 1. The number of para-hydroxylation sites is 1. The van der Waals surface area contributed by atoms with Crippen molar-refractivity contribution in [2.75, 3.05) is 12.0 Å². The van der Waals surface area contributed by atoms with E-state index in [-0.39, 0.29) is 27.5 Å². The number of benzene rings is 2. The number of thiocarbonyl (C=S) groups is 1. The third-order valence-electron chi connectivity index (χ3n) is 4.65. The van der Waals surface area contributed by atoms with Crippen LogP contribution < -0.4 is 19.7 Å². The molecular weight excluding hydrogens is 443 g/mol. The summed E-state index contributed by atoms with van der Waals surface area (Å²) >= 11 is 11.5. The first kappa shape index (κ1) is 22.7. The highest BCUT2D eigenvalue weighted by atomic mass is 35.5. The summed E-state index contributed by atoms with van der Waals surface area (Å²) < 4.78 is 25.5. The molecule has 1 fully saturated rings. The molecule has 0 radical (unpaired) electrons. The van der Waals surface area contributed by atoms with Crippen LogP contribution in [0.5, 0.6) is 11.5 Å². The largest absolute Gasteiger partial charge is 0.493 e. The zero-order chi connectivity index (χ0) is 22.7. The van der Waals surface area contributed by atoms with Crippen LogP contribution in [0.3, 0.4) is 0 Å². The highest BCUT2D eigenvalue weighted by Crippen LogP contribution is 2.38. The van der Waals surface area contributed by atoms with Gasteiger partial charge in [0.2, 0.25) is 0 Å². The van der Waals surface area contributed by atoms with Crippen molar-refractivity contribution in [3.8, 4) is 11.5 Å². The first-order valence-electron chi connectivity index (χ1n) is 9.47. The second-order valence-corrected chi connectivity index (χ2v) is 7.57. The molecule has 6 nitrogen and oxygen atoms in total. The van der Waals surface area contributed by atoms with Crippen molar-refractivity contribution in [2.45, 2.75) is 26.4 Å². The topological polar surface area (TPSA) is 67.9 Å². The maximum atomic E-state index is 14.3. The van der Waals surface area contributed by atoms with Crippen molar-refractivity contribution >= 4 is 52.5 Å². The Labute approximate surface area is 189 Å². The van der Waals surface area contributed by atoms with E-state index in [1.807, 2.05) is 13.8 Å². The van der Waals surface area contributed by atoms with Crippen molar-refractivity contribution in [3.05, 3.63) is 58.4 Å². The standard InChI is InChI=1S/C22H20ClFN2O4S/c1-4-12(2)30-19-15(23)10-13(11-18(19)29-3)9-14-20(27)25-22(31)26(21(14)28)17-8-6-5-7-16(17)24/h5-12H,4H2,1-3H3,(H,25,27,31). The van der Waals surface area contributed by atoms with Crippen LogP contribution >= 0.6 is 23.8 Å². The second-order valence-electron chi connectivity index (χ2n) is 6.78. The van der Waals surface area contributed by atoms with Crippen molar-refractivity contribution in [2.24, 2.45) is 0 Å². The summed E-state index contributed by atoms with van der Waals surface area (Å²) in [5.74, 6) is -1.38. The number of carbonyl (C=O) groups is 2. The van der Waals surface area contributed by atoms with Gasteiger partial charge in [-0.2, -0.15) is 0 Å². The summed E-state index contributed by atoms with van der Waals surface area (Å²) in [6, 6.07) is 8.80. The lowest BCUT2D eigenvalue weighted by atomic mass is 10.1. The molecule has 2 aromatic rings. The van der Waals surface area contributed by atoms with Gasteiger partial charge < -0.3 is 9.47 Å². The third-order valence-corrected chi connectivity index (χ3v) is 5.22. The summed E-state index contributed by atoms with van der Waals surface area (Å²) in [5.41, 5.74) is 0.139. The SMILES string of the molecule is CCC(C)Oc1c(Cl)cc(C=C2C(=O)NC(=S)N(c3ccccc3F)C2=O)cc1OC. The molecule has 0 bridgehead atoms. The zero-order valence-electron chi connectivity index (χ0n) is 17.1. The summed E-state index contributed by atoms with van der Waals surface area (Å²) in [5, 5.41) is 2.48. The number of amides is 2. The number of halogens is 2. The summed E-state index contributed by atoms with van der Waals surface area (Å²) in [7, 11) is 1.46. The molecule has 1 atom stereocenters. The number of hydrogen-bond acceptors (Lipinski definition) is 5. The number of nitrogens with one attached hydrogen (secondary N) is 1. The lowest BCUT2D eigenvalue weighted by Crippen LogP contribution is -2.54. The average Bonchev–Trinajstić information content (AvgIpc) is 2.73. The summed E-state index contributed by atoms with van der Waals surface area (Å²) in [6.07, 6.45) is 2.03. The number of hydrogen-bond donors (Lipinski definition) is 1. The maximum absolute atomic E-state index is 14.3. The maximum Gasteiger partial charge on any atom is 0.270 e. The fourth-order valence-corrected chi connectivity index (χ4v) is 3.44. The Balaban J connectivity index is 2.03. The number of anilines is 1. The minimum absolute atomic E-state index is 0.0590. The molecule has 9 heteroatoms. The van der Waals surface area contributed by atoms with Crippen LogP contribution in [0.4, 0.5) is 10.1 Å². The van der Waals surface area contributed by atoms with Gasteiger partial charge in [-0.05, 0) is 61.5 Å². The lowest BCUT2D eigenvalue weighted by molar-refractivity contribution is -0.122. The fraction of sp³-hybridized carbons (Fsp3) is 0.227. The van der Waals surface area contributed by atoms with Crippen molar-refractivity contribution in [1.82, 2.24) is 5.32 Å². The molecule has 1 heterocycles. The Bertz CT molecular complexity index is 1090. The Morgan fingerprint density at radius 1 is 1.29 bits per heavy atom. The van der Waals surface area contributed by atoms with Gasteiger partial charge in [0, 0.05) is 0 Å². The molecular formula is C22H20ClFN2O4S. The number of ether oxygens (including phenoxy) is 2. The third kappa shape index (κ3) is 4.70. The zero-order valence-corrected chi connectivity index (χ0v) is 18.6. The van der Waals surface area contributed by atoms with Crippen LogP contribution in [0.2, 0.25) is 5.02 Å². The van der Waals surface area contributed by atoms with Gasteiger partial charge in [-0.25, -0.2) is 9.29 Å². The van der Waals surface area contributed by atoms with E-state index in [0.29, 0.717) is 17.1 Å². The quantitative estimate of drug-likeness (QED) is 0.389. The molecule has 0 spiro atoms. The van der Waals surface area contributed by atoms with Crippen molar-refractivity contribution in [1.29, 1.82) is 0 Å². The second kappa shape index (κ2) is 9.45. The highest BCUT2D eigenvalue weighted by Gasteiger charge is 2.35. The van der Waals surface area contributed by atoms with E-state index < -0.39 is 17.6 Å². The van der Waals surface area contributed by atoms with E-state index in [1.54, 1.807) is 18.2 Å². The normalized spacial score (nSPS) is 16.4. The van der Waals surface area contributed by atoms with E-state index in [4.69, 9.17) is 33.3 Å². The number of carbonyl (C=O) groups excluding carboxylic acids is 2. The van der Waals surface area contributed by atoms with Crippen LogP contribution in [0.1, 0.15) is 25.8 Å². The Hall–Kier alpha value is -2.97. The van der Waals surface area contributed by atoms with Crippen molar-refractivity contribution < 1.29 is 23.5 Å². The molecule has 2 amide bonds. The van der Waals surface area contributed by atoms with Crippen molar-refractivity contribution in [3.63, 3.8) is 0 Å². The molecule has 1 aliphatic heterocycles. The first-order valence-corrected chi connectivity index (χ1v) is 10.3. The summed E-state index contributed by atoms with van der Waals surface area (Å²) in [6.45, 7) is 3.87. The fourth-order valence-electron chi connectivity index (χ4n) is 2.90. The Morgan fingerprint density at radius 3 is 2.65 bits per heavy atom. The lowest BCUT2D eigenvalue weighted by Gasteiger charge is -2.29. The van der Waals surface area contributed by atoms with E-state index in [9.17, 15) is 14.0 Å². The molecule has 0 aliphatic carbocycles. The molecule has 3 rings (SSSR count). The predicted molar refractivity (Wildman–Crippen MR) is 121 cm³/mol. The molecule has 1 saturated heterocycles. The van der Waals surface area contributed by atoms with Gasteiger partial charge >= 0.3 is 0 Å². The van der Waals surface area contributed by atoms with Gasteiger partial charge in [0.25, 0.3) is 11.8 Å². The molecule has 1 N–H and O–H groups in total. The molecule has 1 aliphatic rings. The number of nitrogens with zero attached hydrogens (tertiary/aromatic N) is 1. The minimum Gasteiger partial charge on any atom is -0.493 e. The van der Waals surface area contributed by atoms with Crippen LogP contribution in [0.25, 0.3) is 6.08 Å². The van der Waals surface area contributed by atoms with Crippen LogP contribution in [-0.4, -0.2) is 30.1 Å². The van der Waals surface area contributed by atoms with Gasteiger partial charge in [0.15, 0.2) is 16.6 Å². The Kier molecular flexibility index (Phi) is 6.92. The molecule has 0 saturated carbocycles. The van der Waals surface area contributed by atoms with Gasteiger partial charge in [-0.3, -0.25) is 14.9 Å². The molecule has 31 heavy (non-hydrogen) atoms. The first-order chi connectivity index (χ1) is 14.8. The highest BCUT2D eigenvalue weighted by molar-refractivity contribution is 7.80. The minimum atomic E-state index is -0.756. The molecule has 2 aromatic carbocycles. The molecule has 1 unspecified atom stereocenters. The van der Waals surface area contributed by atoms with Gasteiger partial charge in [-0.15, -0.1) is 0 Å². The van der Waals surface area contributed by atoms with Gasteiger partial charge in [0.1, 0.15) is 11.4 Å². The van der Waals surface area contributed by atoms with Crippen LogP contribution in [0.15, 0.2) is 42.0 Å². The van der Waals surface area contributed by atoms with E-state index in [2.05, 4.69) is 5.32 Å². The van der Waals surface area contributed by atoms with E-state index in [1.165, 1.54) is 31.4 Å². The van der Waals surface area contributed by atoms with Crippen LogP contribution in [0, 0.1) is 5.82 Å².